The van der Waals surface area contributed by atoms with Crippen molar-refractivity contribution in [3.63, 3.8) is 0 Å². The maximum absolute atomic E-state index is 6.22. The van der Waals surface area contributed by atoms with Crippen molar-refractivity contribution in [3.8, 4) is 0 Å². The van der Waals surface area contributed by atoms with Gasteiger partial charge >= 0.3 is 0 Å². The molecule has 17 heavy (non-hydrogen) atoms. The van der Waals surface area contributed by atoms with Gasteiger partial charge in [-0.3, -0.25) is 5.10 Å². The summed E-state index contributed by atoms with van der Waals surface area (Å²) in [5, 5.41) is 8.04. The highest BCUT2D eigenvalue weighted by molar-refractivity contribution is 6.35. The maximum Gasteiger partial charge on any atom is 0.137 e. The first kappa shape index (κ1) is 12.4. The largest absolute Gasteiger partial charge is 0.263 e. The topological polar surface area (TPSA) is 41.6 Å². The number of hydrogen-bond acceptors (Lipinski definition) is 2. The van der Waals surface area contributed by atoms with E-state index >= 15 is 0 Å². The van der Waals surface area contributed by atoms with Crippen LogP contribution < -0.4 is 0 Å². The van der Waals surface area contributed by atoms with E-state index in [4.69, 9.17) is 23.2 Å². The summed E-state index contributed by atoms with van der Waals surface area (Å²) >= 11 is 12.1. The van der Waals surface area contributed by atoms with Crippen LogP contribution in [-0.4, -0.2) is 15.2 Å². The second-order valence-electron chi connectivity index (χ2n) is 4.62. The molecule has 2 aromatic rings. The number of H-pyrrole nitrogens is 1. The first-order chi connectivity index (χ1) is 7.99. The fourth-order valence-electron chi connectivity index (χ4n) is 1.87. The van der Waals surface area contributed by atoms with Gasteiger partial charge in [0.2, 0.25) is 0 Å². The Hall–Kier alpha value is -1.06. The van der Waals surface area contributed by atoms with Crippen LogP contribution >= 0.6 is 23.2 Å². The van der Waals surface area contributed by atoms with Gasteiger partial charge in [0.25, 0.3) is 0 Å². The average Bonchev–Trinajstić information content (AvgIpc) is 2.68. The smallest absolute Gasteiger partial charge is 0.137 e. The van der Waals surface area contributed by atoms with E-state index in [-0.39, 0.29) is 5.41 Å². The standard InChI is InChI=1S/C12H13Cl2N3/c1-12(2,6-11-15-7-16-17-11)9-4-3-8(13)5-10(9)14/h3-5,7H,6H2,1-2H3,(H,15,16,17). The first-order valence-corrected chi connectivity index (χ1v) is 6.04. The van der Waals surface area contributed by atoms with Crippen LogP contribution in [-0.2, 0) is 11.8 Å². The Morgan fingerprint density at radius 3 is 2.65 bits per heavy atom. The summed E-state index contributed by atoms with van der Waals surface area (Å²) in [7, 11) is 0. The zero-order valence-electron chi connectivity index (χ0n) is 9.67. The van der Waals surface area contributed by atoms with Crippen molar-refractivity contribution in [2.45, 2.75) is 25.7 Å². The van der Waals surface area contributed by atoms with Gasteiger partial charge in [0.1, 0.15) is 12.2 Å². The molecule has 2 rings (SSSR count). The van der Waals surface area contributed by atoms with Crippen LogP contribution in [0.3, 0.4) is 0 Å². The quantitative estimate of drug-likeness (QED) is 0.925. The highest BCUT2D eigenvalue weighted by Gasteiger charge is 2.25. The lowest BCUT2D eigenvalue weighted by Gasteiger charge is -2.25. The lowest BCUT2D eigenvalue weighted by Crippen LogP contribution is -2.21. The van der Waals surface area contributed by atoms with Crippen LogP contribution in [0.15, 0.2) is 24.5 Å². The summed E-state index contributed by atoms with van der Waals surface area (Å²) in [5.41, 5.74) is 0.932. The predicted octanol–water partition coefficient (Wildman–Crippen LogP) is 3.63. The lowest BCUT2D eigenvalue weighted by atomic mass is 9.81. The second kappa shape index (κ2) is 4.67. The minimum atomic E-state index is -0.124. The summed E-state index contributed by atoms with van der Waals surface area (Å²) in [6.45, 7) is 4.23. The molecular formula is C12H13Cl2N3. The van der Waals surface area contributed by atoms with Gasteiger partial charge in [-0.05, 0) is 23.1 Å². The van der Waals surface area contributed by atoms with E-state index in [1.54, 1.807) is 6.07 Å². The minimum absolute atomic E-state index is 0.124. The number of hydrogen-bond donors (Lipinski definition) is 1. The van der Waals surface area contributed by atoms with E-state index in [9.17, 15) is 0 Å². The predicted molar refractivity (Wildman–Crippen MR) is 69.6 cm³/mol. The molecule has 1 N–H and O–H groups in total. The number of aromatic amines is 1. The third-order valence-corrected chi connectivity index (χ3v) is 3.28. The third kappa shape index (κ3) is 2.79. The fraction of sp³-hybridized carbons (Fsp3) is 0.333. The molecule has 0 atom stereocenters. The fourth-order valence-corrected chi connectivity index (χ4v) is 2.53. The SMILES string of the molecule is CC(C)(Cc1ncn[nH]1)c1ccc(Cl)cc1Cl. The van der Waals surface area contributed by atoms with Gasteiger partial charge in [-0.1, -0.05) is 43.1 Å². The molecule has 0 spiro atoms. The molecule has 1 aromatic carbocycles. The van der Waals surface area contributed by atoms with Crippen molar-refractivity contribution >= 4 is 23.2 Å². The number of rotatable bonds is 3. The molecule has 0 amide bonds. The monoisotopic (exact) mass is 269 g/mol. The molecule has 1 aromatic heterocycles. The molecule has 5 heteroatoms. The van der Waals surface area contributed by atoms with E-state index in [0.29, 0.717) is 10.0 Å². The van der Waals surface area contributed by atoms with Gasteiger partial charge in [-0.25, -0.2) is 4.98 Å². The Morgan fingerprint density at radius 2 is 2.06 bits per heavy atom. The van der Waals surface area contributed by atoms with Crippen LogP contribution in [0, 0.1) is 0 Å². The van der Waals surface area contributed by atoms with E-state index < -0.39 is 0 Å². The van der Waals surface area contributed by atoms with Crippen molar-refractivity contribution in [2.75, 3.05) is 0 Å². The molecule has 0 aliphatic rings. The third-order valence-electron chi connectivity index (χ3n) is 2.73. The Bertz CT molecular complexity index is 506. The van der Waals surface area contributed by atoms with Gasteiger partial charge in [-0.2, -0.15) is 5.10 Å². The van der Waals surface area contributed by atoms with Crippen molar-refractivity contribution in [3.05, 3.63) is 46.0 Å². The minimum Gasteiger partial charge on any atom is -0.263 e. The molecule has 90 valence electrons. The number of nitrogens with zero attached hydrogens (tertiary/aromatic N) is 2. The molecule has 1 heterocycles. The van der Waals surface area contributed by atoms with Gasteiger partial charge in [0.05, 0.1) is 0 Å². The van der Waals surface area contributed by atoms with E-state index in [0.717, 1.165) is 17.8 Å². The number of benzene rings is 1. The Morgan fingerprint density at radius 1 is 1.29 bits per heavy atom. The molecule has 0 aliphatic carbocycles. The number of nitrogens with one attached hydrogen (secondary N) is 1. The van der Waals surface area contributed by atoms with Crippen molar-refractivity contribution < 1.29 is 0 Å². The zero-order valence-corrected chi connectivity index (χ0v) is 11.2. The second-order valence-corrected chi connectivity index (χ2v) is 5.46. The Balaban J connectivity index is 2.30. The summed E-state index contributed by atoms with van der Waals surface area (Å²) in [6, 6.07) is 5.58. The van der Waals surface area contributed by atoms with E-state index in [2.05, 4.69) is 29.0 Å². The van der Waals surface area contributed by atoms with Crippen LogP contribution in [0.25, 0.3) is 0 Å². The zero-order chi connectivity index (χ0) is 12.5. The van der Waals surface area contributed by atoms with E-state index in [1.807, 2.05) is 12.1 Å². The summed E-state index contributed by atoms with van der Waals surface area (Å²) < 4.78 is 0. The van der Waals surface area contributed by atoms with Gasteiger partial charge in [-0.15, -0.1) is 0 Å². The van der Waals surface area contributed by atoms with Crippen molar-refractivity contribution in [2.24, 2.45) is 0 Å². The molecule has 0 unspecified atom stereocenters. The van der Waals surface area contributed by atoms with Crippen molar-refractivity contribution in [1.29, 1.82) is 0 Å². The van der Waals surface area contributed by atoms with Crippen LogP contribution in [0.1, 0.15) is 25.2 Å². The molecule has 0 fully saturated rings. The van der Waals surface area contributed by atoms with Crippen LogP contribution in [0.2, 0.25) is 10.0 Å². The van der Waals surface area contributed by atoms with Crippen molar-refractivity contribution in [1.82, 2.24) is 15.2 Å². The molecule has 0 bridgehead atoms. The molecule has 0 aliphatic heterocycles. The maximum atomic E-state index is 6.22. The summed E-state index contributed by atoms with van der Waals surface area (Å²) in [5.74, 6) is 0.848. The van der Waals surface area contributed by atoms with Crippen LogP contribution in [0.4, 0.5) is 0 Å². The molecule has 0 saturated carbocycles. The van der Waals surface area contributed by atoms with Gasteiger partial charge in [0, 0.05) is 16.5 Å². The highest BCUT2D eigenvalue weighted by Crippen LogP contribution is 2.33. The normalized spacial score (nSPS) is 11.8. The van der Waals surface area contributed by atoms with E-state index in [1.165, 1.54) is 6.33 Å². The molecule has 3 nitrogen and oxygen atoms in total. The lowest BCUT2D eigenvalue weighted by molar-refractivity contribution is 0.508. The van der Waals surface area contributed by atoms with Gasteiger partial charge in [0.15, 0.2) is 0 Å². The summed E-state index contributed by atoms with van der Waals surface area (Å²) in [6.07, 6.45) is 2.25. The first-order valence-electron chi connectivity index (χ1n) is 5.29. The Labute approximate surface area is 110 Å². The Kier molecular flexibility index (Phi) is 3.40. The van der Waals surface area contributed by atoms with Gasteiger partial charge < -0.3 is 0 Å². The average molecular weight is 270 g/mol. The molecule has 0 saturated heterocycles. The molecular weight excluding hydrogens is 257 g/mol. The number of halogens is 2. The number of aromatic nitrogens is 3. The molecule has 0 radical (unpaired) electrons. The highest BCUT2D eigenvalue weighted by atomic mass is 35.5. The van der Waals surface area contributed by atoms with Crippen LogP contribution in [0.5, 0.6) is 0 Å². The summed E-state index contributed by atoms with van der Waals surface area (Å²) in [4.78, 5) is 4.14.